The number of hydrogen-bond acceptors (Lipinski definition) is 6. The Balaban J connectivity index is 1.53. The van der Waals surface area contributed by atoms with E-state index < -0.39 is 0 Å². The molecule has 2 N–H and O–H groups in total. The molecule has 0 aliphatic carbocycles. The molecule has 26 heavy (non-hydrogen) atoms. The third-order valence-electron chi connectivity index (χ3n) is 4.85. The summed E-state index contributed by atoms with van der Waals surface area (Å²) in [4.78, 5) is 33.5. The van der Waals surface area contributed by atoms with E-state index in [1.165, 1.54) is 6.20 Å². The van der Waals surface area contributed by atoms with Crippen molar-refractivity contribution in [1.29, 1.82) is 5.26 Å². The molecule has 0 radical (unpaired) electrons. The zero-order valence-corrected chi connectivity index (χ0v) is 13.7. The first kappa shape index (κ1) is 14.7. The van der Waals surface area contributed by atoms with Gasteiger partial charge in [-0.15, -0.1) is 0 Å². The number of H-pyrrole nitrogens is 2. The van der Waals surface area contributed by atoms with Gasteiger partial charge in [-0.05, 0) is 18.6 Å². The number of pyridine rings is 1. The van der Waals surface area contributed by atoms with Crippen LogP contribution in [-0.2, 0) is 0 Å². The van der Waals surface area contributed by atoms with E-state index in [0.29, 0.717) is 23.3 Å². The monoisotopic (exact) mass is 346 g/mol. The summed E-state index contributed by atoms with van der Waals surface area (Å²) in [5, 5.41) is 9.97. The van der Waals surface area contributed by atoms with Gasteiger partial charge in [0.05, 0.1) is 22.5 Å². The van der Waals surface area contributed by atoms with Crippen LogP contribution >= 0.6 is 0 Å². The molecule has 0 saturated carbocycles. The Morgan fingerprint density at radius 3 is 3.12 bits per heavy atom. The fourth-order valence-corrected chi connectivity index (χ4v) is 3.67. The minimum atomic E-state index is -0.205. The molecule has 0 spiro atoms. The number of nitrogens with zero attached hydrogens (tertiary/aromatic N) is 6. The van der Waals surface area contributed by atoms with Gasteiger partial charge in [-0.2, -0.15) is 5.26 Å². The van der Waals surface area contributed by atoms with E-state index in [1.807, 2.05) is 18.3 Å². The molecule has 1 atom stereocenters. The molecule has 0 aromatic carbocycles. The topological polar surface area (TPSA) is 119 Å². The lowest BCUT2D eigenvalue weighted by molar-refractivity contribution is 0.547. The molecule has 1 aliphatic heterocycles. The fourth-order valence-electron chi connectivity index (χ4n) is 3.67. The van der Waals surface area contributed by atoms with Gasteiger partial charge >= 0.3 is 5.69 Å². The van der Waals surface area contributed by atoms with Crippen LogP contribution in [0.5, 0.6) is 0 Å². The molecule has 5 heterocycles. The van der Waals surface area contributed by atoms with Gasteiger partial charge < -0.3 is 14.9 Å². The summed E-state index contributed by atoms with van der Waals surface area (Å²) in [5.74, 6) is 0.867. The average Bonchev–Trinajstić information content (AvgIpc) is 3.37. The van der Waals surface area contributed by atoms with Crippen molar-refractivity contribution >= 4 is 28.0 Å². The van der Waals surface area contributed by atoms with Gasteiger partial charge in [0.15, 0.2) is 5.65 Å². The van der Waals surface area contributed by atoms with Crippen LogP contribution in [0.2, 0.25) is 0 Å². The molecule has 4 aromatic rings. The second-order valence-corrected chi connectivity index (χ2v) is 6.33. The maximum absolute atomic E-state index is 12.5. The predicted octanol–water partition coefficient (Wildman–Crippen LogP) is 1.32. The third kappa shape index (κ3) is 2.09. The highest BCUT2D eigenvalue weighted by Gasteiger charge is 2.29. The predicted molar refractivity (Wildman–Crippen MR) is 94.8 cm³/mol. The van der Waals surface area contributed by atoms with Crippen molar-refractivity contribution in [3.05, 3.63) is 46.9 Å². The first-order valence-electron chi connectivity index (χ1n) is 8.28. The summed E-state index contributed by atoms with van der Waals surface area (Å²) in [5.41, 5.74) is 2.19. The molecule has 1 fully saturated rings. The van der Waals surface area contributed by atoms with Gasteiger partial charge in [-0.1, -0.05) is 0 Å². The van der Waals surface area contributed by atoms with E-state index >= 15 is 0 Å². The van der Waals surface area contributed by atoms with Crippen molar-refractivity contribution in [1.82, 2.24) is 29.5 Å². The Hall–Kier alpha value is -3.67. The maximum Gasteiger partial charge on any atom is 0.327 e. The standard InChI is InChI=1S/C17H14N8O/c18-6-10-5-13-16(20-7-10)25(17(26)23-13)11-2-4-24(8-11)15-12-1-3-19-14(12)21-9-22-15/h1,3,5,7,9,11H,2,4,8H2,(H,23,26)(H,19,21,22)/t11-/m1/s1. The van der Waals surface area contributed by atoms with Crippen molar-refractivity contribution < 1.29 is 0 Å². The Morgan fingerprint density at radius 1 is 1.31 bits per heavy atom. The maximum atomic E-state index is 12.5. The molecule has 1 saturated heterocycles. The Morgan fingerprint density at radius 2 is 2.23 bits per heavy atom. The molecule has 5 rings (SSSR count). The average molecular weight is 346 g/mol. The van der Waals surface area contributed by atoms with E-state index in [0.717, 1.165) is 29.8 Å². The summed E-state index contributed by atoms with van der Waals surface area (Å²) in [6.45, 7) is 1.45. The second kappa shape index (κ2) is 5.42. The number of nitriles is 1. The lowest BCUT2D eigenvalue weighted by Crippen LogP contribution is -2.26. The number of aromatic nitrogens is 6. The number of hydrogen-bond donors (Lipinski definition) is 2. The van der Waals surface area contributed by atoms with Crippen LogP contribution in [0, 0.1) is 11.3 Å². The highest BCUT2D eigenvalue weighted by Crippen LogP contribution is 2.30. The van der Waals surface area contributed by atoms with Gasteiger partial charge in [0.2, 0.25) is 0 Å². The molecule has 0 unspecified atom stereocenters. The van der Waals surface area contributed by atoms with E-state index in [2.05, 4.69) is 29.8 Å². The van der Waals surface area contributed by atoms with Crippen molar-refractivity contribution in [2.45, 2.75) is 12.5 Å². The minimum absolute atomic E-state index is 0.0133. The second-order valence-electron chi connectivity index (χ2n) is 6.33. The summed E-state index contributed by atoms with van der Waals surface area (Å²) >= 11 is 0. The van der Waals surface area contributed by atoms with Crippen molar-refractivity contribution in [3.63, 3.8) is 0 Å². The smallest absolute Gasteiger partial charge is 0.327 e. The highest BCUT2D eigenvalue weighted by atomic mass is 16.1. The van der Waals surface area contributed by atoms with Crippen LogP contribution in [0.15, 0.2) is 35.6 Å². The van der Waals surface area contributed by atoms with Crippen LogP contribution in [-0.4, -0.2) is 42.6 Å². The largest absolute Gasteiger partial charge is 0.354 e. The molecule has 9 nitrogen and oxygen atoms in total. The van der Waals surface area contributed by atoms with Crippen molar-refractivity contribution in [3.8, 4) is 6.07 Å². The molecule has 4 aromatic heterocycles. The lowest BCUT2D eigenvalue weighted by atomic mass is 10.2. The molecular formula is C17H14N8O. The van der Waals surface area contributed by atoms with Crippen LogP contribution in [0.1, 0.15) is 18.0 Å². The van der Waals surface area contributed by atoms with E-state index in [9.17, 15) is 4.79 Å². The molecule has 0 bridgehead atoms. The van der Waals surface area contributed by atoms with Crippen molar-refractivity contribution in [2.24, 2.45) is 0 Å². The first-order valence-corrected chi connectivity index (χ1v) is 8.28. The lowest BCUT2D eigenvalue weighted by Gasteiger charge is -2.18. The fraction of sp³-hybridized carbons (Fsp3) is 0.235. The molecule has 1 aliphatic rings. The number of nitrogens with one attached hydrogen (secondary N) is 2. The zero-order chi connectivity index (χ0) is 17.7. The first-order chi connectivity index (χ1) is 12.7. The number of aromatic amines is 2. The van der Waals surface area contributed by atoms with Gasteiger partial charge in [0.25, 0.3) is 0 Å². The number of imidazole rings is 1. The molecule has 128 valence electrons. The normalized spacial score (nSPS) is 17.2. The van der Waals surface area contributed by atoms with Gasteiger partial charge in [0.1, 0.15) is 23.9 Å². The van der Waals surface area contributed by atoms with Gasteiger partial charge in [-0.25, -0.2) is 19.7 Å². The summed E-state index contributed by atoms with van der Waals surface area (Å²) in [7, 11) is 0. The SMILES string of the molecule is N#Cc1cnc2c(c1)[nH]c(=O)n2[C@@H]1CCN(c2ncnc3[nH]ccc23)C1. The van der Waals surface area contributed by atoms with Crippen LogP contribution in [0.3, 0.4) is 0 Å². The van der Waals surface area contributed by atoms with Crippen LogP contribution in [0.25, 0.3) is 22.2 Å². The molecular weight excluding hydrogens is 332 g/mol. The Labute approximate surface area is 146 Å². The quantitative estimate of drug-likeness (QED) is 0.565. The molecule has 9 heteroatoms. The van der Waals surface area contributed by atoms with E-state index in [4.69, 9.17) is 5.26 Å². The Bertz CT molecular complexity index is 1230. The Kier molecular flexibility index (Phi) is 3.05. The van der Waals surface area contributed by atoms with Crippen LogP contribution in [0.4, 0.5) is 5.82 Å². The van der Waals surface area contributed by atoms with Gasteiger partial charge in [-0.3, -0.25) is 4.57 Å². The number of fused-ring (bicyclic) bond motifs is 2. The summed E-state index contributed by atoms with van der Waals surface area (Å²) in [6, 6.07) is 5.64. The van der Waals surface area contributed by atoms with E-state index in [1.54, 1.807) is 17.0 Å². The number of anilines is 1. The van der Waals surface area contributed by atoms with E-state index in [-0.39, 0.29) is 11.7 Å². The van der Waals surface area contributed by atoms with Gasteiger partial charge in [0, 0.05) is 25.5 Å². The van der Waals surface area contributed by atoms with Crippen molar-refractivity contribution in [2.75, 3.05) is 18.0 Å². The summed E-state index contributed by atoms with van der Waals surface area (Å²) < 4.78 is 1.69. The zero-order valence-electron chi connectivity index (χ0n) is 13.7. The minimum Gasteiger partial charge on any atom is -0.354 e. The molecule has 0 amide bonds. The highest BCUT2D eigenvalue weighted by molar-refractivity contribution is 5.87. The summed E-state index contributed by atoms with van der Waals surface area (Å²) in [6.07, 6.45) is 5.69. The third-order valence-corrected chi connectivity index (χ3v) is 4.85. The number of rotatable bonds is 2. The van der Waals surface area contributed by atoms with Crippen LogP contribution < -0.4 is 10.6 Å².